The summed E-state index contributed by atoms with van der Waals surface area (Å²) in [6.45, 7) is 3.02. The molecule has 1 aliphatic rings. The van der Waals surface area contributed by atoms with E-state index in [-0.39, 0.29) is 33.8 Å². The van der Waals surface area contributed by atoms with Crippen LogP contribution in [0.5, 0.6) is 0 Å². The van der Waals surface area contributed by atoms with Crippen LogP contribution in [-0.4, -0.2) is 52.0 Å². The van der Waals surface area contributed by atoms with Gasteiger partial charge in [0.2, 0.25) is 5.82 Å². The molecule has 3 aromatic carbocycles. The monoisotopic (exact) mass is 544 g/mol. The number of rotatable bonds is 5. The molecule has 5 rings (SSSR count). The Morgan fingerprint density at radius 3 is 2.37 bits per heavy atom. The molecule has 11 heteroatoms. The summed E-state index contributed by atoms with van der Waals surface area (Å²) in [6, 6.07) is 16.3. The molecule has 1 saturated heterocycles. The minimum absolute atomic E-state index is 0.00364. The topological polar surface area (TPSA) is 62.5 Å². The van der Waals surface area contributed by atoms with Crippen molar-refractivity contribution < 1.29 is 26.9 Å². The van der Waals surface area contributed by atoms with Crippen LogP contribution in [0.3, 0.4) is 0 Å². The minimum atomic E-state index is -4.47. The lowest BCUT2D eigenvalue weighted by Gasteiger charge is -2.34. The van der Waals surface area contributed by atoms with Crippen LogP contribution >= 0.6 is 11.6 Å². The maximum absolute atomic E-state index is 13.7. The molecule has 196 valence electrons. The molecule has 1 fully saturated rings. The van der Waals surface area contributed by atoms with Crippen molar-refractivity contribution >= 4 is 17.5 Å². The van der Waals surface area contributed by atoms with E-state index in [1.807, 2.05) is 24.3 Å². The molecule has 0 unspecified atom stereocenters. The molecule has 38 heavy (non-hydrogen) atoms. The van der Waals surface area contributed by atoms with Gasteiger partial charge in [0, 0.05) is 49.4 Å². The van der Waals surface area contributed by atoms with Crippen molar-refractivity contribution in [1.29, 1.82) is 0 Å². The van der Waals surface area contributed by atoms with Crippen LogP contribution in [0, 0.1) is 5.82 Å². The second-order valence-electron chi connectivity index (χ2n) is 8.90. The van der Waals surface area contributed by atoms with Gasteiger partial charge in [0.05, 0.1) is 10.6 Å². The predicted octanol–water partition coefficient (Wildman–Crippen LogP) is 6.17. The summed E-state index contributed by atoms with van der Waals surface area (Å²) < 4.78 is 57.9. The highest BCUT2D eigenvalue weighted by Gasteiger charge is 2.31. The van der Waals surface area contributed by atoms with E-state index in [0.717, 1.165) is 23.8 Å². The second-order valence-corrected chi connectivity index (χ2v) is 9.30. The van der Waals surface area contributed by atoms with Gasteiger partial charge in [-0.2, -0.15) is 18.2 Å². The first-order valence-corrected chi connectivity index (χ1v) is 12.1. The summed E-state index contributed by atoms with van der Waals surface area (Å²) in [4.78, 5) is 20.8. The molecule has 6 nitrogen and oxygen atoms in total. The Labute approximate surface area is 220 Å². The highest BCUT2D eigenvalue weighted by Crippen LogP contribution is 2.32. The lowest BCUT2D eigenvalue weighted by atomic mass is 10.1. The third-order valence-corrected chi connectivity index (χ3v) is 6.61. The summed E-state index contributed by atoms with van der Waals surface area (Å²) >= 11 is 5.70. The van der Waals surface area contributed by atoms with Gasteiger partial charge in [0.1, 0.15) is 5.82 Å². The normalized spacial score (nSPS) is 14.6. The van der Waals surface area contributed by atoms with E-state index in [9.17, 15) is 22.4 Å². The number of hydrogen-bond donors (Lipinski definition) is 0. The largest absolute Gasteiger partial charge is 0.416 e. The number of piperazine rings is 1. The molecule has 4 aromatic rings. The van der Waals surface area contributed by atoms with Crippen LogP contribution in [0.25, 0.3) is 22.8 Å². The number of nitrogens with zero attached hydrogens (tertiary/aromatic N) is 4. The van der Waals surface area contributed by atoms with E-state index >= 15 is 0 Å². The first-order chi connectivity index (χ1) is 18.2. The molecule has 0 aliphatic carbocycles. The summed E-state index contributed by atoms with van der Waals surface area (Å²) in [5.41, 5.74) is 1.38. The van der Waals surface area contributed by atoms with Gasteiger partial charge in [-0.05, 0) is 42.0 Å². The van der Waals surface area contributed by atoms with Gasteiger partial charge < -0.3 is 9.42 Å². The van der Waals surface area contributed by atoms with Gasteiger partial charge in [-0.3, -0.25) is 9.69 Å². The standard InChI is InChI=1S/C27H21ClF4N4O2/c28-22-9-8-20(15-23(22)29)26(37)36-12-10-35(11-13-36)16-17-4-6-18(7-5-17)24-33-25(38-34-24)19-2-1-3-21(14-19)27(30,31)32/h1-9,14-15H,10-13,16H2. The Bertz CT molecular complexity index is 1450. The van der Waals surface area contributed by atoms with E-state index in [1.54, 1.807) is 4.90 Å². The van der Waals surface area contributed by atoms with Crippen molar-refractivity contribution in [3.05, 3.63) is 94.3 Å². The zero-order valence-electron chi connectivity index (χ0n) is 19.9. The maximum Gasteiger partial charge on any atom is 0.416 e. The molecule has 0 saturated carbocycles. The van der Waals surface area contributed by atoms with Crippen LogP contribution in [0.15, 0.2) is 71.3 Å². The molecule has 0 N–H and O–H groups in total. The second kappa shape index (κ2) is 10.5. The molecule has 0 atom stereocenters. The van der Waals surface area contributed by atoms with E-state index < -0.39 is 17.6 Å². The molecule has 1 amide bonds. The molecule has 0 spiro atoms. The van der Waals surface area contributed by atoms with Gasteiger partial charge in [-0.15, -0.1) is 0 Å². The van der Waals surface area contributed by atoms with Crippen LogP contribution in [0.1, 0.15) is 21.5 Å². The molecule has 2 heterocycles. The first-order valence-electron chi connectivity index (χ1n) is 11.7. The third kappa shape index (κ3) is 5.71. The van der Waals surface area contributed by atoms with E-state index in [2.05, 4.69) is 15.0 Å². The van der Waals surface area contributed by atoms with Crippen LogP contribution in [0.4, 0.5) is 17.6 Å². The van der Waals surface area contributed by atoms with Crippen LogP contribution in [-0.2, 0) is 12.7 Å². The SMILES string of the molecule is O=C(c1ccc(Cl)c(F)c1)N1CCN(Cc2ccc(-c3noc(-c4cccc(C(F)(F)F)c4)n3)cc2)CC1. The number of carbonyl (C=O) groups is 1. The van der Waals surface area contributed by atoms with Gasteiger partial charge in [-0.25, -0.2) is 4.39 Å². The zero-order valence-corrected chi connectivity index (χ0v) is 20.6. The lowest BCUT2D eigenvalue weighted by Crippen LogP contribution is -2.48. The van der Waals surface area contributed by atoms with E-state index in [1.165, 1.54) is 24.3 Å². The average molecular weight is 545 g/mol. The van der Waals surface area contributed by atoms with Crippen molar-refractivity contribution in [3.8, 4) is 22.8 Å². The lowest BCUT2D eigenvalue weighted by molar-refractivity contribution is -0.137. The molecular formula is C27H21ClF4N4O2. The number of benzene rings is 3. The van der Waals surface area contributed by atoms with E-state index in [4.69, 9.17) is 16.1 Å². The quantitative estimate of drug-likeness (QED) is 0.281. The minimum Gasteiger partial charge on any atom is -0.336 e. The number of aromatic nitrogens is 2. The molecule has 0 radical (unpaired) electrons. The summed E-state index contributed by atoms with van der Waals surface area (Å²) in [5.74, 6) is -0.569. The Kier molecular flexibility index (Phi) is 7.18. The molecule has 1 aromatic heterocycles. The van der Waals surface area contributed by atoms with Crippen LogP contribution < -0.4 is 0 Å². The van der Waals surface area contributed by atoms with Crippen molar-refractivity contribution in [1.82, 2.24) is 19.9 Å². The molecule has 1 aliphatic heterocycles. The predicted molar refractivity (Wildman–Crippen MR) is 133 cm³/mol. The summed E-state index contributed by atoms with van der Waals surface area (Å²) in [7, 11) is 0. The zero-order chi connectivity index (χ0) is 26.9. The molecular weight excluding hydrogens is 524 g/mol. The third-order valence-electron chi connectivity index (χ3n) is 6.31. The van der Waals surface area contributed by atoms with E-state index in [0.29, 0.717) is 38.3 Å². The fourth-order valence-electron chi connectivity index (χ4n) is 4.22. The Hall–Kier alpha value is -3.76. The van der Waals surface area contributed by atoms with Gasteiger partial charge >= 0.3 is 6.18 Å². The Morgan fingerprint density at radius 1 is 0.947 bits per heavy atom. The number of halogens is 5. The highest BCUT2D eigenvalue weighted by molar-refractivity contribution is 6.30. The van der Waals surface area contributed by atoms with Gasteiger partial charge in [-0.1, -0.05) is 47.1 Å². The first kappa shape index (κ1) is 25.9. The number of amides is 1. The fourth-order valence-corrected chi connectivity index (χ4v) is 4.34. The fraction of sp³-hybridized carbons (Fsp3) is 0.222. The van der Waals surface area contributed by atoms with Crippen molar-refractivity contribution in [2.45, 2.75) is 12.7 Å². The van der Waals surface area contributed by atoms with Crippen molar-refractivity contribution in [2.24, 2.45) is 0 Å². The number of carbonyl (C=O) groups excluding carboxylic acids is 1. The Balaban J connectivity index is 1.18. The Morgan fingerprint density at radius 2 is 1.68 bits per heavy atom. The van der Waals surface area contributed by atoms with Crippen molar-refractivity contribution in [2.75, 3.05) is 26.2 Å². The smallest absolute Gasteiger partial charge is 0.336 e. The van der Waals surface area contributed by atoms with Gasteiger partial charge in [0.15, 0.2) is 0 Å². The highest BCUT2D eigenvalue weighted by atomic mass is 35.5. The number of alkyl halides is 3. The number of hydrogen-bond acceptors (Lipinski definition) is 5. The summed E-state index contributed by atoms with van der Waals surface area (Å²) in [6.07, 6.45) is -4.47. The van der Waals surface area contributed by atoms with Crippen molar-refractivity contribution in [3.63, 3.8) is 0 Å². The summed E-state index contributed by atoms with van der Waals surface area (Å²) in [5, 5.41) is 3.89. The van der Waals surface area contributed by atoms with Crippen LogP contribution in [0.2, 0.25) is 5.02 Å². The average Bonchev–Trinajstić information content (AvgIpc) is 3.41. The maximum atomic E-state index is 13.7. The van der Waals surface area contributed by atoms with Gasteiger partial charge in [0.25, 0.3) is 11.8 Å². The molecule has 0 bridgehead atoms.